The number of halogens is 2. The number of benzene rings is 2. The van der Waals surface area contributed by atoms with Crippen molar-refractivity contribution in [2.24, 2.45) is 0 Å². The van der Waals surface area contributed by atoms with E-state index >= 15 is 0 Å². The molecule has 0 saturated carbocycles. The van der Waals surface area contributed by atoms with Crippen molar-refractivity contribution in [3.63, 3.8) is 0 Å². The first kappa shape index (κ1) is 18.4. The van der Waals surface area contributed by atoms with Gasteiger partial charge >= 0.3 is 0 Å². The largest absolute Gasteiger partial charge is 0.320 e. The van der Waals surface area contributed by atoms with Crippen molar-refractivity contribution < 1.29 is 4.79 Å². The van der Waals surface area contributed by atoms with Crippen molar-refractivity contribution in [1.29, 1.82) is 5.41 Å². The molecule has 0 aliphatic carbocycles. The predicted molar refractivity (Wildman–Crippen MR) is 105 cm³/mol. The van der Waals surface area contributed by atoms with Crippen LogP contribution in [-0.4, -0.2) is 10.9 Å². The lowest BCUT2D eigenvalue weighted by Gasteiger charge is -2.32. The maximum Gasteiger partial charge on any atom is 0.146 e. The van der Waals surface area contributed by atoms with Gasteiger partial charge in [0.1, 0.15) is 17.3 Å². The van der Waals surface area contributed by atoms with E-state index in [9.17, 15) is 4.79 Å². The van der Waals surface area contributed by atoms with Crippen LogP contribution in [0, 0.1) is 5.41 Å². The van der Waals surface area contributed by atoms with Crippen LogP contribution in [0.3, 0.4) is 0 Å². The number of nitrogens with one attached hydrogen (secondary N) is 1. The zero-order chi connectivity index (χ0) is 18.6. The van der Waals surface area contributed by atoms with E-state index < -0.39 is 5.54 Å². The van der Waals surface area contributed by atoms with Gasteiger partial charge in [-0.05, 0) is 47.5 Å². The summed E-state index contributed by atoms with van der Waals surface area (Å²) in [7, 11) is 0. The van der Waals surface area contributed by atoms with Crippen LogP contribution in [0.15, 0.2) is 72.9 Å². The molecule has 0 atom stereocenters. The van der Waals surface area contributed by atoms with Crippen molar-refractivity contribution in [3.8, 4) is 0 Å². The van der Waals surface area contributed by atoms with Crippen LogP contribution in [0.2, 0.25) is 10.0 Å². The van der Waals surface area contributed by atoms with Crippen molar-refractivity contribution in [2.75, 3.05) is 0 Å². The fourth-order valence-electron chi connectivity index (χ4n) is 3.21. The predicted octanol–water partition coefficient (Wildman–Crippen LogP) is 4.65. The first-order valence-electron chi connectivity index (χ1n) is 8.20. The highest BCUT2D eigenvalue weighted by Crippen LogP contribution is 2.26. The molecule has 3 nitrogen and oxygen atoms in total. The number of rotatable bonds is 6. The van der Waals surface area contributed by atoms with E-state index in [1.165, 1.54) is 0 Å². The van der Waals surface area contributed by atoms with E-state index in [1.54, 1.807) is 35.0 Å². The molecule has 1 aromatic heterocycles. The normalized spacial score (nSPS) is 11.3. The monoisotopic (exact) mass is 384 g/mol. The third-order valence-corrected chi connectivity index (χ3v) is 4.83. The third-order valence-electron chi connectivity index (χ3n) is 4.36. The Bertz CT molecular complexity index is 934. The molecule has 2 aromatic carbocycles. The van der Waals surface area contributed by atoms with Crippen molar-refractivity contribution in [2.45, 2.75) is 18.4 Å². The van der Waals surface area contributed by atoms with E-state index in [-0.39, 0.29) is 5.49 Å². The lowest BCUT2D eigenvalue weighted by molar-refractivity contribution is -0.115. The molecule has 0 fully saturated rings. The molecule has 3 aromatic rings. The second-order valence-corrected chi connectivity index (χ2v) is 7.16. The Morgan fingerprint density at radius 1 is 0.885 bits per heavy atom. The number of carbonyl (C=O) groups is 1. The summed E-state index contributed by atoms with van der Waals surface area (Å²) in [5.74, 6) is 0. The van der Waals surface area contributed by atoms with Crippen LogP contribution in [-0.2, 0) is 23.2 Å². The molecule has 3 rings (SSSR count). The number of hydrogen-bond acceptors (Lipinski definition) is 2. The molecule has 0 aliphatic rings. The molecule has 1 N–H and O–H groups in total. The van der Waals surface area contributed by atoms with Crippen LogP contribution >= 0.6 is 23.2 Å². The van der Waals surface area contributed by atoms with E-state index in [1.807, 2.05) is 42.5 Å². The number of aromatic nitrogens is 1. The molecule has 0 bridgehead atoms. The Hall–Kier alpha value is -2.36. The van der Waals surface area contributed by atoms with E-state index in [4.69, 9.17) is 28.6 Å². The fourth-order valence-corrected chi connectivity index (χ4v) is 3.63. The Balaban J connectivity index is 2.11. The van der Waals surface area contributed by atoms with E-state index in [2.05, 4.69) is 0 Å². The molecular formula is C21H18Cl2N2O. The summed E-state index contributed by atoms with van der Waals surface area (Å²) in [6, 6.07) is 20.2. The maximum absolute atomic E-state index is 12.4. The summed E-state index contributed by atoms with van der Waals surface area (Å²) in [6.07, 6.45) is 3.53. The maximum atomic E-state index is 12.4. The second kappa shape index (κ2) is 7.90. The van der Waals surface area contributed by atoms with Gasteiger partial charge in [0.2, 0.25) is 0 Å². The average Bonchev–Trinajstić information content (AvgIpc) is 2.61. The first-order valence-corrected chi connectivity index (χ1v) is 8.96. The number of carbonyl (C=O) groups excluding carboxylic acids is 1. The Morgan fingerprint density at radius 3 is 1.92 bits per heavy atom. The van der Waals surface area contributed by atoms with Gasteiger partial charge in [-0.2, -0.15) is 0 Å². The number of pyridine rings is 1. The van der Waals surface area contributed by atoms with Gasteiger partial charge in [0.25, 0.3) is 0 Å². The molecule has 5 heteroatoms. The molecule has 0 saturated heterocycles. The third kappa shape index (κ3) is 4.06. The lowest BCUT2D eigenvalue weighted by atomic mass is 9.85. The molecule has 0 amide bonds. The van der Waals surface area contributed by atoms with Gasteiger partial charge < -0.3 is 9.36 Å². The topological polar surface area (TPSA) is 45.9 Å². The van der Waals surface area contributed by atoms with Gasteiger partial charge in [0.05, 0.1) is 0 Å². The summed E-state index contributed by atoms with van der Waals surface area (Å²) in [6.45, 7) is 0. The number of nitrogens with zero attached hydrogens (tertiary/aromatic N) is 1. The van der Waals surface area contributed by atoms with Crippen LogP contribution in [0.25, 0.3) is 0 Å². The van der Waals surface area contributed by atoms with Crippen LogP contribution in [0.5, 0.6) is 0 Å². The highest BCUT2D eigenvalue weighted by molar-refractivity contribution is 6.30. The zero-order valence-corrected chi connectivity index (χ0v) is 15.5. The highest BCUT2D eigenvalue weighted by Gasteiger charge is 2.33. The smallest absolute Gasteiger partial charge is 0.146 e. The quantitative estimate of drug-likeness (QED) is 0.617. The van der Waals surface area contributed by atoms with Crippen molar-refractivity contribution in [3.05, 3.63) is 99.6 Å². The Labute approximate surface area is 162 Å². The summed E-state index contributed by atoms with van der Waals surface area (Å²) in [5.41, 5.74) is 1.18. The van der Waals surface area contributed by atoms with Crippen LogP contribution in [0.1, 0.15) is 11.1 Å². The summed E-state index contributed by atoms with van der Waals surface area (Å²) >= 11 is 12.3. The van der Waals surface area contributed by atoms with Gasteiger partial charge in [-0.15, -0.1) is 0 Å². The van der Waals surface area contributed by atoms with Gasteiger partial charge in [-0.25, -0.2) is 0 Å². The number of hydrogen-bond donors (Lipinski definition) is 1. The molecule has 1 heterocycles. The van der Waals surface area contributed by atoms with Gasteiger partial charge in [-0.1, -0.05) is 53.5 Å². The SMILES string of the molecule is N=c1ccccn1C(C=O)(Cc1cccc(Cl)c1)Cc1cccc(Cl)c1. The molecule has 26 heavy (non-hydrogen) atoms. The Kier molecular flexibility index (Phi) is 5.60. The molecule has 0 radical (unpaired) electrons. The van der Waals surface area contributed by atoms with Crippen molar-refractivity contribution >= 4 is 29.5 Å². The molecule has 0 spiro atoms. The molecule has 0 unspecified atom stereocenters. The van der Waals surface area contributed by atoms with Gasteiger partial charge in [-0.3, -0.25) is 5.41 Å². The first-order chi connectivity index (χ1) is 12.5. The van der Waals surface area contributed by atoms with Gasteiger partial charge in [0, 0.05) is 29.1 Å². The minimum absolute atomic E-state index is 0.267. The van der Waals surface area contributed by atoms with E-state index in [0.29, 0.717) is 22.9 Å². The second-order valence-electron chi connectivity index (χ2n) is 6.29. The molecular weight excluding hydrogens is 367 g/mol. The minimum Gasteiger partial charge on any atom is -0.320 e. The summed E-state index contributed by atoms with van der Waals surface area (Å²) < 4.78 is 1.71. The van der Waals surface area contributed by atoms with Crippen LogP contribution in [0.4, 0.5) is 0 Å². The summed E-state index contributed by atoms with van der Waals surface area (Å²) in [4.78, 5) is 12.4. The Morgan fingerprint density at radius 2 is 1.46 bits per heavy atom. The summed E-state index contributed by atoms with van der Waals surface area (Å²) in [5, 5.41) is 9.54. The molecule has 132 valence electrons. The van der Waals surface area contributed by atoms with Crippen LogP contribution < -0.4 is 5.49 Å². The highest BCUT2D eigenvalue weighted by atomic mass is 35.5. The minimum atomic E-state index is -0.951. The standard InChI is InChI=1S/C21H18Cl2N2O/c22-18-7-3-5-16(11-18)13-21(15-26,25-10-2-1-9-20(25)24)14-17-6-4-8-19(23)12-17/h1-12,15,24H,13-14H2. The van der Waals surface area contributed by atoms with Gasteiger partial charge in [0.15, 0.2) is 0 Å². The average molecular weight is 385 g/mol. The fraction of sp³-hybridized carbons (Fsp3) is 0.143. The van der Waals surface area contributed by atoms with Crippen molar-refractivity contribution in [1.82, 2.24) is 4.57 Å². The zero-order valence-electron chi connectivity index (χ0n) is 14.0. The lowest BCUT2D eigenvalue weighted by Crippen LogP contribution is -2.45. The van der Waals surface area contributed by atoms with E-state index in [0.717, 1.165) is 17.4 Å². The number of aldehydes is 1. The molecule has 0 aliphatic heterocycles.